The molecule has 1 aliphatic heterocycles. The largest absolute Gasteiger partial charge is 0.356 e. The third kappa shape index (κ3) is 9.25. The first-order valence-electron chi connectivity index (χ1n) is 9.55. The predicted octanol–water partition coefficient (Wildman–Crippen LogP) is 2.75. The average Bonchev–Trinajstić information content (AvgIpc) is 3.17. The van der Waals surface area contributed by atoms with E-state index in [-0.39, 0.29) is 36.4 Å². The summed E-state index contributed by atoms with van der Waals surface area (Å²) in [5.74, 6) is 0.711. The van der Waals surface area contributed by atoms with Crippen molar-refractivity contribution in [1.29, 1.82) is 0 Å². The lowest BCUT2D eigenvalue weighted by Crippen LogP contribution is -2.42. The zero-order valence-corrected chi connectivity index (χ0v) is 19.9. The van der Waals surface area contributed by atoms with Gasteiger partial charge in [-0.05, 0) is 50.7 Å². The van der Waals surface area contributed by atoms with Crippen LogP contribution in [0.1, 0.15) is 37.5 Å². The van der Waals surface area contributed by atoms with Crippen molar-refractivity contribution in [2.75, 3.05) is 40.3 Å². The van der Waals surface area contributed by atoms with Crippen LogP contribution in [-0.2, 0) is 11.3 Å². The van der Waals surface area contributed by atoms with E-state index in [1.165, 1.54) is 37.2 Å². The highest BCUT2D eigenvalue weighted by Crippen LogP contribution is 2.13. The molecule has 1 fully saturated rings. The van der Waals surface area contributed by atoms with E-state index in [0.29, 0.717) is 12.0 Å². The number of carbonyl (C=O) groups excluding carboxylic acids is 1. The molecular formula is C19H34IN5OS. The zero-order chi connectivity index (χ0) is 18.8. The number of nitrogens with zero attached hydrogens (tertiary/aromatic N) is 3. The van der Waals surface area contributed by atoms with Crippen molar-refractivity contribution < 1.29 is 4.79 Å². The highest BCUT2D eigenvalue weighted by molar-refractivity contribution is 14.0. The summed E-state index contributed by atoms with van der Waals surface area (Å²) in [5.41, 5.74) is 0. The summed E-state index contributed by atoms with van der Waals surface area (Å²) in [6.07, 6.45) is 5.07. The molecule has 6 nitrogen and oxygen atoms in total. The van der Waals surface area contributed by atoms with Gasteiger partial charge in [-0.25, -0.2) is 4.99 Å². The monoisotopic (exact) mass is 507 g/mol. The number of aliphatic imine (C=N–C) groups is 1. The lowest BCUT2D eigenvalue weighted by molar-refractivity contribution is -0.127. The number of piperidine rings is 1. The molecule has 2 rings (SSSR count). The van der Waals surface area contributed by atoms with Crippen LogP contribution >= 0.6 is 35.3 Å². The number of carbonyl (C=O) groups is 1. The molecule has 1 aromatic rings. The van der Waals surface area contributed by atoms with Crippen LogP contribution in [0.25, 0.3) is 0 Å². The van der Waals surface area contributed by atoms with Crippen LogP contribution in [0.3, 0.4) is 0 Å². The maximum absolute atomic E-state index is 11.8. The number of thiophene rings is 1. The number of amides is 1. The second-order valence-electron chi connectivity index (χ2n) is 7.05. The van der Waals surface area contributed by atoms with Crippen molar-refractivity contribution in [3.8, 4) is 0 Å². The molecule has 0 aromatic carbocycles. The first-order chi connectivity index (χ1) is 12.6. The van der Waals surface area contributed by atoms with Crippen LogP contribution in [0.5, 0.6) is 0 Å². The van der Waals surface area contributed by atoms with Crippen LogP contribution in [0, 0.1) is 0 Å². The molecule has 1 unspecified atom stereocenters. The quantitative estimate of drug-likeness (QED) is 0.323. The topological polar surface area (TPSA) is 60.0 Å². The van der Waals surface area contributed by atoms with E-state index in [9.17, 15) is 4.79 Å². The van der Waals surface area contributed by atoms with Crippen molar-refractivity contribution in [3.05, 3.63) is 22.4 Å². The van der Waals surface area contributed by atoms with E-state index in [0.717, 1.165) is 19.5 Å². The van der Waals surface area contributed by atoms with Crippen molar-refractivity contribution in [2.45, 2.75) is 45.2 Å². The Morgan fingerprint density at radius 1 is 1.30 bits per heavy atom. The Kier molecular flexibility index (Phi) is 11.9. The molecule has 154 valence electrons. The summed E-state index contributed by atoms with van der Waals surface area (Å²) >= 11 is 1.71. The SMILES string of the molecule is CC(CCNC(=NCC(=O)N(C)C)NCc1cccs1)N1CCCCC1.I. The standard InChI is InChI=1S/C19H33N5OS.HI/c1-16(24-11-5-4-6-12-24)9-10-20-19(22-15-18(25)23(2)3)21-14-17-8-7-13-26-17;/h7-8,13,16H,4-6,9-12,14-15H2,1-3H3,(H2,20,21,22);1H. The maximum Gasteiger partial charge on any atom is 0.243 e. The Balaban J connectivity index is 0.00000364. The van der Waals surface area contributed by atoms with E-state index in [1.54, 1.807) is 30.3 Å². The van der Waals surface area contributed by atoms with E-state index >= 15 is 0 Å². The lowest BCUT2D eigenvalue weighted by Gasteiger charge is -2.32. The van der Waals surface area contributed by atoms with Gasteiger partial charge >= 0.3 is 0 Å². The van der Waals surface area contributed by atoms with Gasteiger partial charge < -0.3 is 20.4 Å². The van der Waals surface area contributed by atoms with Gasteiger partial charge in [-0.1, -0.05) is 12.5 Å². The van der Waals surface area contributed by atoms with Gasteiger partial charge in [0.15, 0.2) is 5.96 Å². The molecule has 1 atom stereocenters. The number of likely N-dealkylation sites (N-methyl/N-ethyl adjacent to an activating group) is 1. The smallest absolute Gasteiger partial charge is 0.243 e. The number of likely N-dealkylation sites (tertiary alicyclic amines) is 1. The highest BCUT2D eigenvalue weighted by atomic mass is 127. The van der Waals surface area contributed by atoms with Crippen LogP contribution in [0.15, 0.2) is 22.5 Å². The van der Waals surface area contributed by atoms with Gasteiger partial charge in [-0.3, -0.25) is 4.79 Å². The fourth-order valence-electron chi connectivity index (χ4n) is 2.99. The summed E-state index contributed by atoms with van der Waals surface area (Å²) < 4.78 is 0. The van der Waals surface area contributed by atoms with Crippen LogP contribution in [0.2, 0.25) is 0 Å². The van der Waals surface area contributed by atoms with Crippen molar-refractivity contribution in [2.24, 2.45) is 4.99 Å². The lowest BCUT2D eigenvalue weighted by atomic mass is 10.1. The molecule has 0 aliphatic carbocycles. The number of hydrogen-bond donors (Lipinski definition) is 2. The van der Waals surface area contributed by atoms with E-state index < -0.39 is 0 Å². The molecule has 1 amide bonds. The van der Waals surface area contributed by atoms with E-state index in [2.05, 4.69) is 38.9 Å². The third-order valence-corrected chi connectivity index (χ3v) is 5.63. The number of hydrogen-bond acceptors (Lipinski definition) is 4. The highest BCUT2D eigenvalue weighted by Gasteiger charge is 2.16. The summed E-state index contributed by atoms with van der Waals surface area (Å²) in [4.78, 5) is 21.7. The summed E-state index contributed by atoms with van der Waals surface area (Å²) in [6.45, 7) is 6.48. The molecule has 1 aliphatic rings. The molecule has 27 heavy (non-hydrogen) atoms. The summed E-state index contributed by atoms with van der Waals surface area (Å²) in [5, 5.41) is 8.79. The molecular weight excluding hydrogens is 473 g/mol. The Morgan fingerprint density at radius 3 is 2.67 bits per heavy atom. The summed E-state index contributed by atoms with van der Waals surface area (Å²) in [6, 6.07) is 4.71. The third-order valence-electron chi connectivity index (χ3n) is 4.75. The minimum Gasteiger partial charge on any atom is -0.356 e. The first kappa shape index (κ1) is 24.2. The molecule has 0 saturated carbocycles. The number of nitrogens with one attached hydrogen (secondary N) is 2. The molecule has 0 radical (unpaired) electrons. The predicted molar refractivity (Wildman–Crippen MR) is 125 cm³/mol. The minimum atomic E-state index is 0. The Morgan fingerprint density at radius 2 is 2.04 bits per heavy atom. The number of halogens is 1. The van der Waals surface area contributed by atoms with E-state index in [1.807, 2.05) is 6.07 Å². The minimum absolute atomic E-state index is 0. The molecule has 8 heteroatoms. The molecule has 0 bridgehead atoms. The Bertz CT molecular complexity index is 558. The van der Waals surface area contributed by atoms with Gasteiger partial charge in [0, 0.05) is 31.6 Å². The van der Waals surface area contributed by atoms with Crippen molar-refractivity contribution >= 4 is 47.2 Å². The molecule has 1 aromatic heterocycles. The molecule has 2 heterocycles. The fraction of sp³-hybridized carbons (Fsp3) is 0.684. The van der Waals surface area contributed by atoms with Gasteiger partial charge in [-0.2, -0.15) is 0 Å². The Labute approximate surface area is 184 Å². The number of rotatable bonds is 8. The maximum atomic E-state index is 11.8. The van der Waals surface area contributed by atoms with Gasteiger partial charge in [-0.15, -0.1) is 35.3 Å². The fourth-order valence-corrected chi connectivity index (χ4v) is 3.63. The number of guanidine groups is 1. The molecule has 0 spiro atoms. The van der Waals surface area contributed by atoms with Gasteiger partial charge in [0.05, 0.1) is 6.54 Å². The normalized spacial score (nSPS) is 16.3. The van der Waals surface area contributed by atoms with Gasteiger partial charge in [0.2, 0.25) is 5.91 Å². The van der Waals surface area contributed by atoms with Crippen LogP contribution in [-0.4, -0.2) is 68.0 Å². The van der Waals surface area contributed by atoms with Gasteiger partial charge in [0.25, 0.3) is 0 Å². The zero-order valence-electron chi connectivity index (χ0n) is 16.7. The Hall–Kier alpha value is -0.870. The van der Waals surface area contributed by atoms with Crippen LogP contribution in [0.4, 0.5) is 0 Å². The second kappa shape index (κ2) is 13.3. The van der Waals surface area contributed by atoms with Crippen molar-refractivity contribution in [3.63, 3.8) is 0 Å². The van der Waals surface area contributed by atoms with Crippen LogP contribution < -0.4 is 10.6 Å². The first-order valence-corrected chi connectivity index (χ1v) is 10.4. The van der Waals surface area contributed by atoms with Crippen molar-refractivity contribution in [1.82, 2.24) is 20.4 Å². The average molecular weight is 507 g/mol. The second-order valence-corrected chi connectivity index (χ2v) is 8.08. The molecule has 1 saturated heterocycles. The molecule has 2 N–H and O–H groups in total. The van der Waals surface area contributed by atoms with Gasteiger partial charge in [0.1, 0.15) is 6.54 Å². The summed E-state index contributed by atoms with van der Waals surface area (Å²) in [7, 11) is 3.51. The van der Waals surface area contributed by atoms with E-state index in [4.69, 9.17) is 0 Å².